The monoisotopic (exact) mass is 545 g/mol. The van der Waals surface area contributed by atoms with E-state index in [0.717, 1.165) is 11.3 Å². The zero-order valence-electron chi connectivity index (χ0n) is 21.6. The first-order chi connectivity index (χ1) is 19.0. The van der Waals surface area contributed by atoms with Gasteiger partial charge in [0.25, 0.3) is 5.91 Å². The van der Waals surface area contributed by atoms with E-state index in [1.54, 1.807) is 35.4 Å². The second-order valence-electron chi connectivity index (χ2n) is 9.45. The summed E-state index contributed by atoms with van der Waals surface area (Å²) >= 11 is 1.34. The first kappa shape index (κ1) is 25.1. The van der Waals surface area contributed by atoms with Gasteiger partial charge >= 0.3 is 0 Å². The van der Waals surface area contributed by atoms with Gasteiger partial charge in [-0.3, -0.25) is 14.2 Å². The number of fused-ring (bicyclic) bond motifs is 1. The van der Waals surface area contributed by atoms with Crippen molar-refractivity contribution in [2.24, 2.45) is 0 Å². The van der Waals surface area contributed by atoms with E-state index in [0.29, 0.717) is 53.4 Å². The number of hydrogen-bond acceptors (Lipinski definition) is 8. The lowest BCUT2D eigenvalue weighted by molar-refractivity contribution is -0.130. The number of thioether (sulfide) groups is 1. The fourth-order valence-corrected chi connectivity index (χ4v) is 5.71. The lowest BCUT2D eigenvalue weighted by Gasteiger charge is -2.40. The summed E-state index contributed by atoms with van der Waals surface area (Å²) in [7, 11) is 0. The molecule has 2 aliphatic heterocycles. The van der Waals surface area contributed by atoms with Crippen molar-refractivity contribution in [1.29, 1.82) is 0 Å². The zero-order chi connectivity index (χ0) is 26.9. The van der Waals surface area contributed by atoms with E-state index in [1.807, 2.05) is 53.6 Å². The van der Waals surface area contributed by atoms with Crippen LogP contribution >= 0.6 is 11.8 Å². The number of aromatic nitrogens is 3. The number of nitrogens with zero attached hydrogens (tertiary/aromatic N) is 5. The van der Waals surface area contributed by atoms with Crippen molar-refractivity contribution < 1.29 is 23.5 Å². The van der Waals surface area contributed by atoms with Crippen LogP contribution in [0.4, 0.5) is 0 Å². The van der Waals surface area contributed by atoms with Crippen LogP contribution in [0.3, 0.4) is 0 Å². The van der Waals surface area contributed by atoms with Crippen LogP contribution in [-0.2, 0) is 4.79 Å². The van der Waals surface area contributed by atoms with E-state index in [1.165, 1.54) is 11.8 Å². The van der Waals surface area contributed by atoms with Gasteiger partial charge < -0.3 is 23.7 Å². The molecule has 0 radical (unpaired) electrons. The molecule has 10 nitrogen and oxygen atoms in total. The summed E-state index contributed by atoms with van der Waals surface area (Å²) in [6.07, 6.45) is 1.60. The van der Waals surface area contributed by atoms with E-state index in [-0.39, 0.29) is 30.4 Å². The summed E-state index contributed by atoms with van der Waals surface area (Å²) in [4.78, 5) is 30.0. The molecular formula is C28H27N5O5S. The Hall–Kier alpha value is -4.25. The van der Waals surface area contributed by atoms with E-state index < -0.39 is 0 Å². The van der Waals surface area contributed by atoms with Crippen LogP contribution < -0.4 is 9.47 Å². The van der Waals surface area contributed by atoms with E-state index >= 15 is 0 Å². The Kier molecular flexibility index (Phi) is 6.74. The number of rotatable bonds is 6. The molecule has 0 bridgehead atoms. The number of para-hydroxylation sites is 1. The maximum absolute atomic E-state index is 13.2. The molecular weight excluding hydrogens is 518 g/mol. The molecule has 1 fully saturated rings. The van der Waals surface area contributed by atoms with E-state index in [9.17, 15) is 9.59 Å². The highest BCUT2D eigenvalue weighted by Gasteiger charge is 2.31. The summed E-state index contributed by atoms with van der Waals surface area (Å²) in [5, 5.41) is 9.36. The van der Waals surface area contributed by atoms with Crippen LogP contribution in [0.1, 0.15) is 22.8 Å². The molecule has 0 saturated carbocycles. The van der Waals surface area contributed by atoms with Crippen molar-refractivity contribution in [1.82, 2.24) is 24.6 Å². The van der Waals surface area contributed by atoms with Gasteiger partial charge in [0.05, 0.1) is 17.7 Å². The SMILES string of the molecule is Cc1ccccc1-n1c(SCC(=O)N2CCN(C(=O)c3ccc4c(c3)OCO4)C(C)C2)nnc1-c1ccco1. The number of piperazine rings is 1. The van der Waals surface area contributed by atoms with Gasteiger partial charge in [-0.05, 0) is 55.8 Å². The molecule has 4 aromatic rings. The van der Waals surface area contributed by atoms with Crippen molar-refractivity contribution in [2.75, 3.05) is 32.2 Å². The van der Waals surface area contributed by atoms with Gasteiger partial charge in [-0.2, -0.15) is 0 Å². The van der Waals surface area contributed by atoms with Gasteiger partial charge in [0, 0.05) is 31.2 Å². The maximum atomic E-state index is 13.2. The lowest BCUT2D eigenvalue weighted by Crippen LogP contribution is -2.55. The molecule has 1 saturated heterocycles. The van der Waals surface area contributed by atoms with Crippen molar-refractivity contribution in [3.05, 3.63) is 72.0 Å². The summed E-state index contributed by atoms with van der Waals surface area (Å²) in [6.45, 7) is 5.51. The van der Waals surface area contributed by atoms with Gasteiger partial charge in [0.2, 0.25) is 18.5 Å². The largest absolute Gasteiger partial charge is 0.461 e. The third-order valence-electron chi connectivity index (χ3n) is 6.92. The molecule has 200 valence electrons. The molecule has 2 amide bonds. The topological polar surface area (TPSA) is 103 Å². The molecule has 1 atom stereocenters. The van der Waals surface area contributed by atoms with Crippen molar-refractivity contribution in [3.8, 4) is 28.8 Å². The minimum Gasteiger partial charge on any atom is -0.461 e. The molecule has 6 rings (SSSR count). The normalized spacial score (nSPS) is 16.5. The van der Waals surface area contributed by atoms with E-state index in [2.05, 4.69) is 10.2 Å². The highest BCUT2D eigenvalue weighted by molar-refractivity contribution is 7.99. The molecule has 2 aromatic heterocycles. The summed E-state index contributed by atoms with van der Waals surface area (Å²) in [5.74, 6) is 2.50. The molecule has 11 heteroatoms. The number of carbonyl (C=O) groups excluding carboxylic acids is 2. The highest BCUT2D eigenvalue weighted by Crippen LogP contribution is 2.33. The number of ether oxygens (including phenoxy) is 2. The van der Waals surface area contributed by atoms with Crippen LogP contribution in [0, 0.1) is 6.92 Å². The van der Waals surface area contributed by atoms with Crippen molar-refractivity contribution in [3.63, 3.8) is 0 Å². The number of carbonyl (C=O) groups is 2. The molecule has 2 aromatic carbocycles. The fourth-order valence-electron chi connectivity index (χ4n) is 4.86. The van der Waals surface area contributed by atoms with Crippen LogP contribution in [0.2, 0.25) is 0 Å². The first-order valence-corrected chi connectivity index (χ1v) is 13.6. The predicted octanol–water partition coefficient (Wildman–Crippen LogP) is 4.03. The summed E-state index contributed by atoms with van der Waals surface area (Å²) < 4.78 is 18.3. The first-order valence-electron chi connectivity index (χ1n) is 12.7. The van der Waals surface area contributed by atoms with Gasteiger partial charge in [0.1, 0.15) is 0 Å². The molecule has 4 heterocycles. The van der Waals surface area contributed by atoms with Crippen LogP contribution in [0.15, 0.2) is 70.4 Å². The maximum Gasteiger partial charge on any atom is 0.254 e. The van der Waals surface area contributed by atoms with Gasteiger partial charge in [0.15, 0.2) is 22.4 Å². The smallest absolute Gasteiger partial charge is 0.254 e. The molecule has 39 heavy (non-hydrogen) atoms. The second kappa shape index (κ2) is 10.5. The van der Waals surface area contributed by atoms with Crippen LogP contribution in [-0.4, -0.2) is 74.6 Å². The van der Waals surface area contributed by atoms with Gasteiger partial charge in [-0.25, -0.2) is 0 Å². The quantitative estimate of drug-likeness (QED) is 0.335. The molecule has 1 unspecified atom stereocenters. The minimum atomic E-state index is -0.133. The fraction of sp³-hybridized carbons (Fsp3) is 0.286. The summed E-state index contributed by atoms with van der Waals surface area (Å²) in [5.41, 5.74) is 2.52. The number of hydrogen-bond donors (Lipinski definition) is 0. The average Bonchev–Trinajstić information content (AvgIpc) is 3.72. The number of amides is 2. The minimum absolute atomic E-state index is 0.0130. The van der Waals surface area contributed by atoms with Crippen molar-refractivity contribution >= 4 is 23.6 Å². The Morgan fingerprint density at radius 2 is 1.87 bits per heavy atom. The number of aryl methyl sites for hydroxylation is 1. The highest BCUT2D eigenvalue weighted by atomic mass is 32.2. The Morgan fingerprint density at radius 1 is 1.03 bits per heavy atom. The Bertz CT molecular complexity index is 1520. The third kappa shape index (κ3) is 4.85. The molecule has 2 aliphatic rings. The average molecular weight is 546 g/mol. The van der Waals surface area contributed by atoms with Gasteiger partial charge in [-0.15, -0.1) is 10.2 Å². The molecule has 0 spiro atoms. The lowest BCUT2D eigenvalue weighted by atomic mass is 10.1. The number of furan rings is 1. The Labute approximate surface area is 229 Å². The van der Waals surface area contributed by atoms with Crippen LogP contribution in [0.25, 0.3) is 17.3 Å². The Balaban J connectivity index is 1.13. The predicted molar refractivity (Wildman–Crippen MR) is 144 cm³/mol. The number of benzene rings is 2. The standard InChI is InChI=1S/C28H27N5O5S/c1-18-6-3-4-7-21(18)33-26(23-8-5-13-36-23)29-30-28(33)39-16-25(34)31-11-12-32(19(2)15-31)27(35)20-9-10-22-24(14-20)38-17-37-22/h3-10,13-14,19H,11-12,15-17H2,1-2H3. The molecule has 0 N–H and O–H groups in total. The van der Waals surface area contributed by atoms with Crippen LogP contribution in [0.5, 0.6) is 11.5 Å². The van der Waals surface area contributed by atoms with E-state index in [4.69, 9.17) is 13.9 Å². The third-order valence-corrected chi connectivity index (χ3v) is 7.83. The zero-order valence-corrected chi connectivity index (χ0v) is 22.4. The summed E-state index contributed by atoms with van der Waals surface area (Å²) in [6, 6.07) is 16.7. The Morgan fingerprint density at radius 3 is 2.67 bits per heavy atom. The van der Waals surface area contributed by atoms with Crippen molar-refractivity contribution in [2.45, 2.75) is 25.0 Å². The van der Waals surface area contributed by atoms with Gasteiger partial charge in [-0.1, -0.05) is 30.0 Å². The molecule has 0 aliphatic carbocycles. The second-order valence-corrected chi connectivity index (χ2v) is 10.4.